The van der Waals surface area contributed by atoms with Gasteiger partial charge in [-0.15, -0.1) is 0 Å². The van der Waals surface area contributed by atoms with Gasteiger partial charge in [0, 0.05) is 6.07 Å². The second-order valence-corrected chi connectivity index (χ2v) is 8.64. The molecule has 2 saturated carbocycles. The largest absolute Gasteiger partial charge is 0.369 e. The van der Waals surface area contributed by atoms with Crippen molar-refractivity contribution in [3.63, 3.8) is 0 Å². The Bertz CT molecular complexity index is 1130. The highest BCUT2D eigenvalue weighted by Crippen LogP contribution is 2.47. The number of nitrogens with zero attached hydrogens (tertiary/aromatic N) is 3. The SMILES string of the molecule is Cc1cc(Nc2cc(C3(C(N)=O)CC3)ncn2)c(=O)n2c1C(=O)NC21CCCCC1. The number of nitrogens with two attached hydrogens (primary N) is 1. The van der Waals surface area contributed by atoms with Crippen molar-refractivity contribution in [3.8, 4) is 0 Å². The summed E-state index contributed by atoms with van der Waals surface area (Å²) in [6, 6.07) is 3.35. The molecule has 0 aromatic carbocycles. The van der Waals surface area contributed by atoms with Crippen molar-refractivity contribution in [2.45, 2.75) is 62.9 Å². The standard InChI is InChI=1S/C21H24N6O3/c1-12-9-13(25-15-10-14(23-11-24-15)20(7-8-20)19(22)30)18(29)27-16(12)17(28)26-21(27)5-3-2-4-6-21/h9-11H,2-8H2,1H3,(H2,22,30)(H,26,28)(H,23,24,25). The Morgan fingerprint density at radius 2 is 1.87 bits per heavy atom. The van der Waals surface area contributed by atoms with Crippen molar-refractivity contribution in [1.29, 1.82) is 0 Å². The van der Waals surface area contributed by atoms with Gasteiger partial charge in [-0.1, -0.05) is 6.42 Å². The van der Waals surface area contributed by atoms with Crippen LogP contribution in [0, 0.1) is 6.92 Å². The molecule has 0 atom stereocenters. The first kappa shape index (κ1) is 18.8. The number of fused-ring (bicyclic) bond motifs is 2. The lowest BCUT2D eigenvalue weighted by atomic mass is 9.89. The number of nitrogens with one attached hydrogen (secondary N) is 2. The van der Waals surface area contributed by atoms with Gasteiger partial charge in [-0.25, -0.2) is 9.97 Å². The van der Waals surface area contributed by atoms with Gasteiger partial charge in [-0.05, 0) is 57.1 Å². The highest BCUT2D eigenvalue weighted by Gasteiger charge is 2.51. The summed E-state index contributed by atoms with van der Waals surface area (Å²) >= 11 is 0. The highest BCUT2D eigenvalue weighted by atomic mass is 16.2. The molecule has 3 heterocycles. The van der Waals surface area contributed by atoms with Crippen LogP contribution in [-0.2, 0) is 15.9 Å². The van der Waals surface area contributed by atoms with Crippen molar-refractivity contribution in [3.05, 3.63) is 45.8 Å². The molecular weight excluding hydrogens is 384 g/mol. The van der Waals surface area contributed by atoms with Crippen LogP contribution in [-0.4, -0.2) is 26.3 Å². The Labute approximate surface area is 173 Å². The van der Waals surface area contributed by atoms with Crippen LogP contribution in [0.5, 0.6) is 0 Å². The minimum absolute atomic E-state index is 0.195. The first-order valence-corrected chi connectivity index (χ1v) is 10.4. The lowest BCUT2D eigenvalue weighted by Gasteiger charge is -2.35. The number of primary amides is 1. The normalized spacial score (nSPS) is 20.5. The molecule has 9 heteroatoms. The summed E-state index contributed by atoms with van der Waals surface area (Å²) in [5, 5.41) is 6.16. The molecule has 3 aliphatic rings. The maximum Gasteiger partial charge on any atom is 0.276 e. The van der Waals surface area contributed by atoms with Gasteiger partial charge in [0.25, 0.3) is 11.5 Å². The minimum atomic E-state index is -0.731. The van der Waals surface area contributed by atoms with Crippen molar-refractivity contribution in [2.75, 3.05) is 5.32 Å². The van der Waals surface area contributed by atoms with E-state index in [1.165, 1.54) is 6.33 Å². The van der Waals surface area contributed by atoms with E-state index in [0.29, 0.717) is 35.7 Å². The van der Waals surface area contributed by atoms with Crippen molar-refractivity contribution >= 4 is 23.3 Å². The number of aryl methyl sites for hydroxylation is 1. The van der Waals surface area contributed by atoms with Crippen molar-refractivity contribution < 1.29 is 9.59 Å². The molecule has 2 aliphatic carbocycles. The van der Waals surface area contributed by atoms with E-state index in [1.54, 1.807) is 16.7 Å². The fraction of sp³-hybridized carbons (Fsp3) is 0.476. The van der Waals surface area contributed by atoms with Gasteiger partial charge in [-0.2, -0.15) is 0 Å². The Kier molecular flexibility index (Phi) is 4.00. The molecule has 1 spiro atoms. The van der Waals surface area contributed by atoms with Gasteiger partial charge in [0.1, 0.15) is 29.2 Å². The number of rotatable bonds is 4. The molecule has 2 aromatic rings. The van der Waals surface area contributed by atoms with Gasteiger partial charge >= 0.3 is 0 Å². The fourth-order valence-corrected chi connectivity index (χ4v) is 4.91. The number of pyridine rings is 1. The number of carbonyl (C=O) groups excluding carboxylic acids is 2. The lowest BCUT2D eigenvalue weighted by molar-refractivity contribution is -0.120. The van der Waals surface area contributed by atoms with Crippen LogP contribution in [0.4, 0.5) is 11.5 Å². The van der Waals surface area contributed by atoms with E-state index in [-0.39, 0.29) is 11.5 Å². The molecule has 30 heavy (non-hydrogen) atoms. The predicted molar refractivity (Wildman–Crippen MR) is 109 cm³/mol. The first-order chi connectivity index (χ1) is 14.4. The van der Waals surface area contributed by atoms with E-state index in [4.69, 9.17) is 5.73 Å². The first-order valence-electron chi connectivity index (χ1n) is 10.4. The monoisotopic (exact) mass is 408 g/mol. The third-order valence-electron chi connectivity index (χ3n) is 6.70. The lowest BCUT2D eigenvalue weighted by Crippen LogP contribution is -2.48. The zero-order valence-electron chi connectivity index (χ0n) is 16.8. The predicted octanol–water partition coefficient (Wildman–Crippen LogP) is 1.57. The van der Waals surface area contributed by atoms with Crippen LogP contribution in [0.15, 0.2) is 23.3 Å². The zero-order valence-corrected chi connectivity index (χ0v) is 16.8. The van der Waals surface area contributed by atoms with E-state index in [2.05, 4.69) is 20.6 Å². The third kappa shape index (κ3) is 2.64. The third-order valence-corrected chi connectivity index (χ3v) is 6.70. The molecule has 0 unspecified atom stereocenters. The van der Waals surface area contributed by atoms with Crippen molar-refractivity contribution in [1.82, 2.24) is 19.9 Å². The fourth-order valence-electron chi connectivity index (χ4n) is 4.91. The van der Waals surface area contributed by atoms with Crippen molar-refractivity contribution in [2.24, 2.45) is 5.73 Å². The van der Waals surface area contributed by atoms with Crippen LogP contribution < -0.4 is 21.9 Å². The Morgan fingerprint density at radius 1 is 1.13 bits per heavy atom. The summed E-state index contributed by atoms with van der Waals surface area (Å²) in [7, 11) is 0. The number of hydrogen-bond donors (Lipinski definition) is 3. The van der Waals surface area contributed by atoms with E-state index in [1.807, 2.05) is 6.92 Å². The second-order valence-electron chi connectivity index (χ2n) is 8.64. The minimum Gasteiger partial charge on any atom is -0.369 e. The van der Waals surface area contributed by atoms with E-state index in [0.717, 1.165) is 37.7 Å². The average molecular weight is 408 g/mol. The number of aromatic nitrogens is 3. The number of hydrogen-bond acceptors (Lipinski definition) is 6. The topological polar surface area (TPSA) is 132 Å². The average Bonchev–Trinajstić information content (AvgIpc) is 3.48. The van der Waals surface area contributed by atoms with Gasteiger partial charge in [0.2, 0.25) is 5.91 Å². The van der Waals surface area contributed by atoms with Crippen LogP contribution in [0.3, 0.4) is 0 Å². The molecule has 2 fully saturated rings. The van der Waals surface area contributed by atoms with Gasteiger partial charge < -0.3 is 16.4 Å². The van der Waals surface area contributed by atoms with Gasteiger partial charge in [0.05, 0.1) is 11.1 Å². The number of carbonyl (C=O) groups is 2. The molecule has 1 aliphatic heterocycles. The molecule has 2 amide bonds. The number of amides is 2. The van der Waals surface area contributed by atoms with Crippen LogP contribution in [0.2, 0.25) is 0 Å². The molecular formula is C21H24N6O3. The van der Waals surface area contributed by atoms with Gasteiger partial charge in [-0.3, -0.25) is 19.0 Å². The van der Waals surface area contributed by atoms with E-state index < -0.39 is 17.0 Å². The molecule has 156 valence electrons. The number of anilines is 2. The van der Waals surface area contributed by atoms with Gasteiger partial charge in [0.15, 0.2) is 0 Å². The molecule has 0 radical (unpaired) electrons. The smallest absolute Gasteiger partial charge is 0.276 e. The molecule has 4 N–H and O–H groups in total. The summed E-state index contributed by atoms with van der Waals surface area (Å²) < 4.78 is 1.64. The van der Waals surface area contributed by atoms with E-state index >= 15 is 0 Å². The zero-order chi connectivity index (χ0) is 21.1. The maximum atomic E-state index is 13.4. The summed E-state index contributed by atoms with van der Waals surface area (Å²) in [6.07, 6.45) is 7.21. The molecule has 2 aromatic heterocycles. The quantitative estimate of drug-likeness (QED) is 0.703. The molecule has 0 saturated heterocycles. The summed E-state index contributed by atoms with van der Waals surface area (Å²) in [4.78, 5) is 46.3. The molecule has 0 bridgehead atoms. The highest BCUT2D eigenvalue weighted by molar-refractivity contribution is 5.97. The van der Waals surface area contributed by atoms with Crippen LogP contribution in [0.1, 0.15) is 66.7 Å². The summed E-state index contributed by atoms with van der Waals surface area (Å²) in [6.45, 7) is 1.83. The Balaban J connectivity index is 1.56. The summed E-state index contributed by atoms with van der Waals surface area (Å²) in [5.41, 5.74) is 5.97. The van der Waals surface area contributed by atoms with Crippen LogP contribution >= 0.6 is 0 Å². The van der Waals surface area contributed by atoms with Crippen LogP contribution in [0.25, 0.3) is 0 Å². The maximum absolute atomic E-state index is 13.4. The summed E-state index contributed by atoms with van der Waals surface area (Å²) in [5.74, 6) is -0.177. The Hall–Kier alpha value is -3.23. The Morgan fingerprint density at radius 3 is 2.53 bits per heavy atom. The molecule has 9 nitrogen and oxygen atoms in total. The van der Waals surface area contributed by atoms with E-state index in [9.17, 15) is 14.4 Å². The molecule has 5 rings (SSSR count). The second kappa shape index (κ2) is 6.38.